The van der Waals surface area contributed by atoms with Gasteiger partial charge in [-0.15, -0.1) is 0 Å². The normalized spacial score (nSPS) is 11.2. The number of carbonyl (C=O) groups is 1. The Bertz CT molecular complexity index is 587. The molecule has 0 aliphatic heterocycles. The van der Waals surface area contributed by atoms with Crippen molar-refractivity contribution in [2.45, 2.75) is 52.6 Å². The number of benzene rings is 1. The van der Waals surface area contributed by atoms with E-state index < -0.39 is 0 Å². The molecule has 0 aliphatic rings. The van der Waals surface area contributed by atoms with Crippen molar-refractivity contribution >= 4 is 16.9 Å². The summed E-state index contributed by atoms with van der Waals surface area (Å²) >= 11 is 0. The first kappa shape index (κ1) is 14.6. The van der Waals surface area contributed by atoms with Crippen molar-refractivity contribution in [3.63, 3.8) is 0 Å². The van der Waals surface area contributed by atoms with E-state index in [1.165, 1.54) is 0 Å². The van der Waals surface area contributed by atoms with E-state index in [1.807, 2.05) is 38.1 Å². The van der Waals surface area contributed by atoms with Crippen LogP contribution in [0.15, 0.2) is 24.3 Å². The van der Waals surface area contributed by atoms with Crippen LogP contribution in [0.1, 0.15) is 51.2 Å². The standard InChI is InChI=1S/C16H22N2O2/c1-4-5-6-11-15(19)18-14-10-8-7-9-13(14)17-16(18)20-12(2)3/h7-10,12H,4-6,11H2,1-3H3. The molecule has 1 aromatic carbocycles. The van der Waals surface area contributed by atoms with Gasteiger partial charge in [0.2, 0.25) is 5.91 Å². The Labute approximate surface area is 119 Å². The molecule has 1 heterocycles. The fourth-order valence-corrected chi connectivity index (χ4v) is 2.17. The maximum Gasteiger partial charge on any atom is 0.304 e. The fraction of sp³-hybridized carbons (Fsp3) is 0.500. The Morgan fingerprint density at radius 3 is 2.75 bits per heavy atom. The average molecular weight is 274 g/mol. The van der Waals surface area contributed by atoms with Crippen molar-refractivity contribution in [1.29, 1.82) is 0 Å². The molecule has 0 spiro atoms. The van der Waals surface area contributed by atoms with E-state index in [-0.39, 0.29) is 12.0 Å². The molecule has 0 atom stereocenters. The molecule has 0 fully saturated rings. The molecule has 0 amide bonds. The number of unbranched alkanes of at least 4 members (excludes halogenated alkanes) is 2. The molecule has 108 valence electrons. The Balaban J connectivity index is 2.34. The van der Waals surface area contributed by atoms with Crippen molar-refractivity contribution in [2.75, 3.05) is 0 Å². The number of ether oxygens (including phenoxy) is 1. The van der Waals surface area contributed by atoms with Gasteiger partial charge >= 0.3 is 6.01 Å². The SMILES string of the molecule is CCCCCC(=O)n1c(OC(C)C)nc2ccccc21. The van der Waals surface area contributed by atoms with Crippen LogP contribution < -0.4 is 4.74 Å². The number of imidazole rings is 1. The molecule has 2 aromatic rings. The molecule has 0 unspecified atom stereocenters. The van der Waals surface area contributed by atoms with Gasteiger partial charge < -0.3 is 4.74 Å². The monoisotopic (exact) mass is 274 g/mol. The summed E-state index contributed by atoms with van der Waals surface area (Å²) in [6, 6.07) is 8.05. The summed E-state index contributed by atoms with van der Waals surface area (Å²) in [5, 5.41) is 0. The second-order valence-electron chi connectivity index (χ2n) is 5.24. The van der Waals surface area contributed by atoms with E-state index in [0.717, 1.165) is 30.3 Å². The van der Waals surface area contributed by atoms with Crippen molar-refractivity contribution in [3.8, 4) is 6.01 Å². The van der Waals surface area contributed by atoms with E-state index in [1.54, 1.807) is 4.57 Å². The molecule has 0 N–H and O–H groups in total. The molecule has 0 aliphatic carbocycles. The Kier molecular flexibility index (Phi) is 4.77. The third kappa shape index (κ3) is 3.18. The summed E-state index contributed by atoms with van der Waals surface area (Å²) < 4.78 is 7.30. The highest BCUT2D eigenvalue weighted by atomic mass is 16.5. The lowest BCUT2D eigenvalue weighted by Crippen LogP contribution is -2.16. The summed E-state index contributed by atoms with van der Waals surface area (Å²) in [4.78, 5) is 16.9. The Morgan fingerprint density at radius 2 is 2.05 bits per heavy atom. The van der Waals surface area contributed by atoms with E-state index in [2.05, 4.69) is 11.9 Å². The topological polar surface area (TPSA) is 44.1 Å². The molecule has 20 heavy (non-hydrogen) atoms. The first-order chi connectivity index (χ1) is 9.63. The smallest absolute Gasteiger partial charge is 0.304 e. The number of hydrogen-bond donors (Lipinski definition) is 0. The van der Waals surface area contributed by atoms with Crippen molar-refractivity contribution < 1.29 is 9.53 Å². The van der Waals surface area contributed by atoms with Gasteiger partial charge in [0.1, 0.15) is 0 Å². The molecular weight excluding hydrogens is 252 g/mol. The van der Waals surface area contributed by atoms with Crippen LogP contribution in [0.25, 0.3) is 11.0 Å². The Hall–Kier alpha value is -1.84. The van der Waals surface area contributed by atoms with E-state index in [0.29, 0.717) is 12.4 Å². The fourth-order valence-electron chi connectivity index (χ4n) is 2.17. The van der Waals surface area contributed by atoms with Crippen LogP contribution >= 0.6 is 0 Å². The largest absolute Gasteiger partial charge is 0.462 e. The number of nitrogens with zero attached hydrogens (tertiary/aromatic N) is 2. The van der Waals surface area contributed by atoms with Gasteiger partial charge in [0.25, 0.3) is 0 Å². The van der Waals surface area contributed by atoms with E-state index >= 15 is 0 Å². The summed E-state index contributed by atoms with van der Waals surface area (Å²) in [7, 11) is 0. The quantitative estimate of drug-likeness (QED) is 0.747. The molecule has 0 saturated heterocycles. The maximum atomic E-state index is 12.4. The van der Waals surface area contributed by atoms with Crippen LogP contribution in [0.5, 0.6) is 6.01 Å². The zero-order chi connectivity index (χ0) is 14.5. The number of hydrogen-bond acceptors (Lipinski definition) is 3. The van der Waals surface area contributed by atoms with E-state index in [9.17, 15) is 4.79 Å². The first-order valence-corrected chi connectivity index (χ1v) is 7.30. The van der Waals surface area contributed by atoms with Crippen molar-refractivity contribution in [2.24, 2.45) is 0 Å². The molecule has 0 radical (unpaired) electrons. The number of para-hydroxylation sites is 2. The minimum atomic E-state index is -0.00555. The highest BCUT2D eigenvalue weighted by Gasteiger charge is 2.18. The van der Waals surface area contributed by atoms with Gasteiger partial charge in [0, 0.05) is 6.42 Å². The molecule has 4 heteroatoms. The third-order valence-electron chi connectivity index (χ3n) is 3.11. The van der Waals surface area contributed by atoms with E-state index in [4.69, 9.17) is 4.74 Å². The molecule has 4 nitrogen and oxygen atoms in total. The molecule has 0 saturated carbocycles. The zero-order valence-corrected chi connectivity index (χ0v) is 12.4. The van der Waals surface area contributed by atoms with Crippen LogP contribution in [-0.4, -0.2) is 21.6 Å². The minimum absolute atomic E-state index is 0.00555. The van der Waals surface area contributed by atoms with Crippen LogP contribution in [0.4, 0.5) is 0 Å². The third-order valence-corrected chi connectivity index (χ3v) is 3.11. The summed E-state index contributed by atoms with van der Waals surface area (Å²) in [6.45, 7) is 6.00. The number of fused-ring (bicyclic) bond motifs is 1. The molecule has 1 aromatic heterocycles. The Morgan fingerprint density at radius 1 is 1.30 bits per heavy atom. The van der Waals surface area contributed by atoms with Gasteiger partial charge in [0.15, 0.2) is 0 Å². The van der Waals surface area contributed by atoms with Gasteiger partial charge in [-0.1, -0.05) is 31.9 Å². The van der Waals surface area contributed by atoms with Crippen LogP contribution in [0.2, 0.25) is 0 Å². The second-order valence-corrected chi connectivity index (χ2v) is 5.24. The second kappa shape index (κ2) is 6.55. The van der Waals surface area contributed by atoms with Crippen LogP contribution in [0.3, 0.4) is 0 Å². The van der Waals surface area contributed by atoms with Gasteiger partial charge in [-0.05, 0) is 32.4 Å². The zero-order valence-electron chi connectivity index (χ0n) is 12.4. The summed E-state index contributed by atoms with van der Waals surface area (Å²) in [5.74, 6) is 0.0581. The highest BCUT2D eigenvalue weighted by Crippen LogP contribution is 2.23. The predicted molar refractivity (Wildman–Crippen MR) is 80.3 cm³/mol. The van der Waals surface area contributed by atoms with Gasteiger partial charge in [0.05, 0.1) is 17.1 Å². The van der Waals surface area contributed by atoms with Crippen molar-refractivity contribution in [1.82, 2.24) is 9.55 Å². The number of aromatic nitrogens is 2. The molecular formula is C16H22N2O2. The predicted octanol–water partition coefficient (Wildman–Crippen LogP) is 4.04. The lowest BCUT2D eigenvalue weighted by molar-refractivity contribution is 0.0882. The van der Waals surface area contributed by atoms with Crippen LogP contribution in [0, 0.1) is 0 Å². The molecule has 0 bridgehead atoms. The number of rotatable bonds is 6. The van der Waals surface area contributed by atoms with Gasteiger partial charge in [-0.2, -0.15) is 4.98 Å². The summed E-state index contributed by atoms with van der Waals surface area (Å²) in [5.41, 5.74) is 1.62. The van der Waals surface area contributed by atoms with Gasteiger partial charge in [-0.3, -0.25) is 4.79 Å². The lowest BCUT2D eigenvalue weighted by Gasteiger charge is -2.11. The molecule has 2 rings (SSSR count). The highest BCUT2D eigenvalue weighted by molar-refractivity contribution is 5.91. The van der Waals surface area contributed by atoms with Crippen molar-refractivity contribution in [3.05, 3.63) is 24.3 Å². The maximum absolute atomic E-state index is 12.4. The lowest BCUT2D eigenvalue weighted by atomic mass is 10.2. The minimum Gasteiger partial charge on any atom is -0.462 e. The number of carbonyl (C=O) groups excluding carboxylic acids is 1. The van der Waals surface area contributed by atoms with Crippen LogP contribution in [-0.2, 0) is 0 Å². The first-order valence-electron chi connectivity index (χ1n) is 7.30. The average Bonchev–Trinajstić information content (AvgIpc) is 2.75. The summed E-state index contributed by atoms with van der Waals surface area (Å²) in [6.07, 6.45) is 3.60. The van der Waals surface area contributed by atoms with Gasteiger partial charge in [-0.25, -0.2) is 4.57 Å².